The third-order valence-electron chi connectivity index (χ3n) is 2.60. The Morgan fingerprint density at radius 2 is 1.80 bits per heavy atom. The van der Waals surface area contributed by atoms with Gasteiger partial charge in [-0.2, -0.15) is 0 Å². The number of aliphatic hydroxyl groups is 2. The highest BCUT2D eigenvalue weighted by molar-refractivity contribution is 5.72. The molecular weight excluding hydrogens is 196 g/mol. The lowest BCUT2D eigenvalue weighted by Gasteiger charge is -2.15. The van der Waals surface area contributed by atoms with Crippen LogP contribution in [0.2, 0.25) is 0 Å². The Morgan fingerprint density at radius 3 is 2.27 bits per heavy atom. The summed E-state index contributed by atoms with van der Waals surface area (Å²) in [5, 5.41) is 26.7. The normalized spacial score (nSPS) is 17.1. The first-order chi connectivity index (χ1) is 6.99. The highest BCUT2D eigenvalue weighted by atomic mass is 16.4. The maximum atomic E-state index is 10.3. The molecule has 3 atom stereocenters. The van der Waals surface area contributed by atoms with Gasteiger partial charge in [-0.05, 0) is 12.3 Å². The Labute approximate surface area is 90.9 Å². The van der Waals surface area contributed by atoms with Gasteiger partial charge in [0.25, 0.3) is 0 Å². The van der Waals surface area contributed by atoms with Crippen molar-refractivity contribution in [1.82, 2.24) is 0 Å². The smallest absolute Gasteiger partial charge is 0.335 e. The van der Waals surface area contributed by atoms with E-state index in [2.05, 4.69) is 13.8 Å². The van der Waals surface area contributed by atoms with E-state index in [0.717, 1.165) is 25.7 Å². The standard InChI is InChI=1S/C11H22O4/c1-3-5-8(2)6-4-7-9(12)10(13)11(14)15/h8-10,12-13H,3-7H2,1-2H3,(H,14,15). The molecule has 0 fully saturated rings. The molecule has 0 aliphatic heterocycles. The molecule has 0 aliphatic rings. The average molecular weight is 218 g/mol. The molecule has 0 aliphatic carbocycles. The van der Waals surface area contributed by atoms with Crippen LogP contribution in [0.4, 0.5) is 0 Å². The zero-order valence-electron chi connectivity index (χ0n) is 9.52. The molecule has 3 unspecified atom stereocenters. The molecular formula is C11H22O4. The van der Waals surface area contributed by atoms with Crippen molar-refractivity contribution in [3.8, 4) is 0 Å². The van der Waals surface area contributed by atoms with Crippen LogP contribution in [0.1, 0.15) is 46.0 Å². The molecule has 0 saturated carbocycles. The Bertz CT molecular complexity index is 181. The van der Waals surface area contributed by atoms with Crippen LogP contribution in [0.3, 0.4) is 0 Å². The number of hydrogen-bond acceptors (Lipinski definition) is 3. The van der Waals surface area contributed by atoms with Gasteiger partial charge < -0.3 is 15.3 Å². The Hall–Kier alpha value is -0.610. The van der Waals surface area contributed by atoms with Crippen molar-refractivity contribution in [3.63, 3.8) is 0 Å². The van der Waals surface area contributed by atoms with Crippen LogP contribution < -0.4 is 0 Å². The number of aliphatic hydroxyl groups excluding tert-OH is 2. The van der Waals surface area contributed by atoms with Crippen molar-refractivity contribution in [1.29, 1.82) is 0 Å². The molecule has 0 saturated heterocycles. The lowest BCUT2D eigenvalue weighted by Crippen LogP contribution is -2.33. The predicted octanol–water partition coefficient (Wildman–Crippen LogP) is 1.40. The van der Waals surface area contributed by atoms with Crippen LogP contribution in [-0.2, 0) is 4.79 Å². The SMILES string of the molecule is CCCC(C)CCCC(O)C(O)C(=O)O. The third-order valence-corrected chi connectivity index (χ3v) is 2.60. The number of carboxylic acids is 1. The molecule has 90 valence electrons. The Balaban J connectivity index is 3.62. The predicted molar refractivity (Wildman–Crippen MR) is 57.6 cm³/mol. The summed E-state index contributed by atoms with van der Waals surface area (Å²) in [5.41, 5.74) is 0. The molecule has 15 heavy (non-hydrogen) atoms. The van der Waals surface area contributed by atoms with Gasteiger partial charge in [-0.25, -0.2) is 4.79 Å². The topological polar surface area (TPSA) is 77.8 Å². The van der Waals surface area contributed by atoms with Crippen LogP contribution in [0.15, 0.2) is 0 Å². The first-order valence-electron chi connectivity index (χ1n) is 5.58. The summed E-state index contributed by atoms with van der Waals surface area (Å²) in [6.45, 7) is 4.27. The van der Waals surface area contributed by atoms with E-state index in [4.69, 9.17) is 10.2 Å². The van der Waals surface area contributed by atoms with E-state index in [9.17, 15) is 9.90 Å². The number of rotatable bonds is 8. The monoisotopic (exact) mass is 218 g/mol. The first-order valence-corrected chi connectivity index (χ1v) is 5.58. The summed E-state index contributed by atoms with van der Waals surface area (Å²) in [6, 6.07) is 0. The van der Waals surface area contributed by atoms with Gasteiger partial charge in [-0.1, -0.05) is 39.5 Å². The zero-order chi connectivity index (χ0) is 11.8. The molecule has 0 radical (unpaired) electrons. The molecule has 0 bridgehead atoms. The van der Waals surface area contributed by atoms with Crippen molar-refractivity contribution in [2.45, 2.75) is 58.2 Å². The fraction of sp³-hybridized carbons (Fsp3) is 0.909. The third kappa shape index (κ3) is 6.47. The van der Waals surface area contributed by atoms with Crippen LogP contribution in [0.25, 0.3) is 0 Å². The van der Waals surface area contributed by atoms with Gasteiger partial charge in [0.2, 0.25) is 0 Å². The highest BCUT2D eigenvalue weighted by Crippen LogP contribution is 2.15. The van der Waals surface area contributed by atoms with Gasteiger partial charge in [0.05, 0.1) is 6.10 Å². The van der Waals surface area contributed by atoms with E-state index < -0.39 is 18.2 Å². The fourth-order valence-electron chi connectivity index (χ4n) is 1.64. The average Bonchev–Trinajstić information content (AvgIpc) is 2.16. The number of carbonyl (C=O) groups is 1. The fourth-order valence-corrected chi connectivity index (χ4v) is 1.64. The van der Waals surface area contributed by atoms with Crippen molar-refractivity contribution in [2.75, 3.05) is 0 Å². The van der Waals surface area contributed by atoms with Gasteiger partial charge in [0, 0.05) is 0 Å². The molecule has 0 spiro atoms. The number of aliphatic carboxylic acids is 1. The molecule has 4 nitrogen and oxygen atoms in total. The maximum absolute atomic E-state index is 10.3. The maximum Gasteiger partial charge on any atom is 0.335 e. The van der Waals surface area contributed by atoms with E-state index in [1.54, 1.807) is 0 Å². The summed E-state index contributed by atoms with van der Waals surface area (Å²) in [4.78, 5) is 10.3. The lowest BCUT2D eigenvalue weighted by molar-refractivity contribution is -0.153. The highest BCUT2D eigenvalue weighted by Gasteiger charge is 2.22. The van der Waals surface area contributed by atoms with E-state index in [1.165, 1.54) is 0 Å². The minimum atomic E-state index is -1.65. The van der Waals surface area contributed by atoms with Crippen LogP contribution in [-0.4, -0.2) is 33.5 Å². The quantitative estimate of drug-likeness (QED) is 0.575. The number of carboxylic acid groups (broad SMARTS) is 1. The minimum absolute atomic E-state index is 0.349. The summed E-state index contributed by atoms with van der Waals surface area (Å²) < 4.78 is 0. The van der Waals surface area contributed by atoms with Gasteiger partial charge in [-0.15, -0.1) is 0 Å². The van der Waals surface area contributed by atoms with Crippen LogP contribution in [0.5, 0.6) is 0 Å². The molecule has 0 heterocycles. The second-order valence-corrected chi connectivity index (χ2v) is 4.18. The molecule has 0 rings (SSSR count). The van der Waals surface area contributed by atoms with Gasteiger partial charge in [-0.3, -0.25) is 0 Å². The van der Waals surface area contributed by atoms with Crippen molar-refractivity contribution in [2.24, 2.45) is 5.92 Å². The van der Waals surface area contributed by atoms with Crippen LogP contribution in [0, 0.1) is 5.92 Å². The molecule has 0 aromatic heterocycles. The summed E-state index contributed by atoms with van der Waals surface area (Å²) in [6.07, 6.45) is 1.58. The Morgan fingerprint density at radius 1 is 1.20 bits per heavy atom. The number of hydrogen-bond donors (Lipinski definition) is 3. The zero-order valence-corrected chi connectivity index (χ0v) is 9.52. The first kappa shape index (κ1) is 14.4. The second kappa shape index (κ2) is 7.65. The summed E-state index contributed by atoms with van der Waals surface area (Å²) in [5.74, 6) is -0.756. The van der Waals surface area contributed by atoms with Gasteiger partial charge in [0.15, 0.2) is 6.10 Å². The van der Waals surface area contributed by atoms with E-state index in [0.29, 0.717) is 12.3 Å². The van der Waals surface area contributed by atoms with Gasteiger partial charge >= 0.3 is 5.97 Å². The van der Waals surface area contributed by atoms with Crippen molar-refractivity contribution >= 4 is 5.97 Å². The largest absolute Gasteiger partial charge is 0.479 e. The summed E-state index contributed by atoms with van der Waals surface area (Å²) in [7, 11) is 0. The minimum Gasteiger partial charge on any atom is -0.479 e. The Kier molecular flexibility index (Phi) is 7.34. The summed E-state index contributed by atoms with van der Waals surface area (Å²) >= 11 is 0. The van der Waals surface area contributed by atoms with E-state index in [-0.39, 0.29) is 0 Å². The van der Waals surface area contributed by atoms with E-state index in [1.807, 2.05) is 0 Å². The van der Waals surface area contributed by atoms with Crippen LogP contribution >= 0.6 is 0 Å². The molecule has 0 aromatic carbocycles. The van der Waals surface area contributed by atoms with Crippen molar-refractivity contribution < 1.29 is 20.1 Å². The lowest BCUT2D eigenvalue weighted by atomic mass is 9.97. The van der Waals surface area contributed by atoms with Crippen molar-refractivity contribution in [3.05, 3.63) is 0 Å². The second-order valence-electron chi connectivity index (χ2n) is 4.18. The van der Waals surface area contributed by atoms with E-state index >= 15 is 0 Å². The van der Waals surface area contributed by atoms with Gasteiger partial charge in [0.1, 0.15) is 0 Å². The molecule has 4 heteroatoms. The molecule has 3 N–H and O–H groups in total. The molecule has 0 amide bonds. The molecule has 0 aromatic rings.